The van der Waals surface area contributed by atoms with Gasteiger partial charge in [0, 0.05) is 5.69 Å². The molecule has 31 heavy (non-hydrogen) atoms. The van der Waals surface area contributed by atoms with Gasteiger partial charge >= 0.3 is 5.69 Å². The van der Waals surface area contributed by atoms with Crippen LogP contribution in [0.15, 0.2) is 69.6 Å². The van der Waals surface area contributed by atoms with Crippen LogP contribution in [0.3, 0.4) is 0 Å². The van der Waals surface area contributed by atoms with Crippen LogP contribution in [0.4, 0.5) is 5.69 Å². The zero-order chi connectivity index (χ0) is 22.0. The van der Waals surface area contributed by atoms with Crippen LogP contribution < -0.4 is 21.3 Å². The van der Waals surface area contributed by atoms with Crippen molar-refractivity contribution in [2.45, 2.75) is 20.4 Å². The summed E-state index contributed by atoms with van der Waals surface area (Å²) in [6.07, 6.45) is 0. The fourth-order valence-corrected chi connectivity index (χ4v) is 4.13. The number of fused-ring (bicyclic) bond motifs is 1. The number of hydrogen-bond acceptors (Lipinski definition) is 5. The number of benzene rings is 2. The summed E-state index contributed by atoms with van der Waals surface area (Å²) in [5, 5.41) is 4.54. The molecule has 0 fully saturated rings. The number of carbonyl (C=O) groups excluding carboxylic acids is 1. The van der Waals surface area contributed by atoms with Crippen LogP contribution in [-0.2, 0) is 11.3 Å². The molecular formula is C23H21N3O4S. The third-order valence-corrected chi connectivity index (χ3v) is 5.69. The highest BCUT2D eigenvalue weighted by atomic mass is 32.1. The molecule has 0 saturated heterocycles. The smallest absolute Gasteiger partial charge is 0.336 e. The van der Waals surface area contributed by atoms with E-state index < -0.39 is 11.2 Å². The number of nitrogens with one attached hydrogen (secondary N) is 1. The van der Waals surface area contributed by atoms with Crippen molar-refractivity contribution in [1.29, 1.82) is 0 Å². The predicted molar refractivity (Wildman–Crippen MR) is 123 cm³/mol. The third-order valence-electron chi connectivity index (χ3n) is 4.80. The van der Waals surface area contributed by atoms with E-state index in [-0.39, 0.29) is 12.5 Å². The minimum absolute atomic E-state index is 0.211. The Morgan fingerprint density at radius 2 is 1.74 bits per heavy atom. The van der Waals surface area contributed by atoms with Crippen LogP contribution in [-0.4, -0.2) is 21.6 Å². The molecule has 8 heteroatoms. The van der Waals surface area contributed by atoms with Gasteiger partial charge in [-0.1, -0.05) is 17.7 Å². The molecule has 0 saturated carbocycles. The average Bonchev–Trinajstić information content (AvgIpc) is 3.25. The maximum Gasteiger partial charge on any atom is 0.336 e. The van der Waals surface area contributed by atoms with Crippen molar-refractivity contribution in [2.24, 2.45) is 0 Å². The molecule has 2 heterocycles. The van der Waals surface area contributed by atoms with Crippen molar-refractivity contribution in [2.75, 3.05) is 11.9 Å². The van der Waals surface area contributed by atoms with E-state index in [4.69, 9.17) is 4.74 Å². The minimum Gasteiger partial charge on any atom is -0.494 e. The first-order chi connectivity index (χ1) is 15.0. The van der Waals surface area contributed by atoms with Crippen LogP contribution in [0.1, 0.15) is 12.5 Å². The second-order valence-electron chi connectivity index (χ2n) is 6.99. The number of nitrogens with zero attached hydrogens (tertiary/aromatic N) is 2. The van der Waals surface area contributed by atoms with Crippen LogP contribution in [0, 0.1) is 6.92 Å². The Balaban J connectivity index is 1.74. The number of ether oxygens (including phenoxy) is 1. The lowest BCUT2D eigenvalue weighted by Crippen LogP contribution is -2.40. The molecule has 0 unspecified atom stereocenters. The fourth-order valence-electron chi connectivity index (χ4n) is 3.31. The van der Waals surface area contributed by atoms with Gasteiger partial charge in [-0.05, 0) is 61.7 Å². The number of aromatic nitrogens is 2. The van der Waals surface area contributed by atoms with Crippen LogP contribution in [0.5, 0.6) is 5.75 Å². The second kappa shape index (κ2) is 8.61. The van der Waals surface area contributed by atoms with E-state index in [0.29, 0.717) is 33.9 Å². The molecule has 0 bridgehead atoms. The Hall–Kier alpha value is -3.65. The molecule has 0 aliphatic heterocycles. The maximum atomic E-state index is 13.3. The minimum atomic E-state index is -0.570. The van der Waals surface area contributed by atoms with E-state index in [1.54, 1.807) is 47.8 Å². The van der Waals surface area contributed by atoms with Gasteiger partial charge < -0.3 is 10.1 Å². The molecule has 0 radical (unpaired) electrons. The summed E-state index contributed by atoms with van der Waals surface area (Å²) in [5.74, 6) is 0.296. The zero-order valence-corrected chi connectivity index (χ0v) is 17.9. The highest BCUT2D eigenvalue weighted by Crippen LogP contribution is 2.18. The van der Waals surface area contributed by atoms with E-state index in [1.165, 1.54) is 15.9 Å². The van der Waals surface area contributed by atoms with Gasteiger partial charge in [0.25, 0.3) is 5.56 Å². The van der Waals surface area contributed by atoms with Gasteiger partial charge in [-0.15, -0.1) is 11.3 Å². The van der Waals surface area contributed by atoms with E-state index in [1.807, 2.05) is 26.0 Å². The summed E-state index contributed by atoms with van der Waals surface area (Å²) < 4.78 is 8.26. The lowest BCUT2D eigenvalue weighted by molar-refractivity contribution is -0.116. The summed E-state index contributed by atoms with van der Waals surface area (Å²) in [4.78, 5) is 38.9. The van der Waals surface area contributed by atoms with Gasteiger partial charge in [0.2, 0.25) is 5.91 Å². The normalized spacial score (nSPS) is 10.9. The van der Waals surface area contributed by atoms with Crippen molar-refractivity contribution < 1.29 is 9.53 Å². The van der Waals surface area contributed by atoms with Crippen molar-refractivity contribution >= 4 is 33.1 Å². The fraction of sp³-hybridized carbons (Fsp3) is 0.174. The van der Waals surface area contributed by atoms with E-state index >= 15 is 0 Å². The maximum absolute atomic E-state index is 13.3. The van der Waals surface area contributed by atoms with E-state index in [2.05, 4.69) is 5.32 Å². The number of thiophene rings is 1. The van der Waals surface area contributed by atoms with Crippen LogP contribution in [0.25, 0.3) is 15.9 Å². The Bertz CT molecular complexity index is 1350. The second-order valence-corrected chi connectivity index (χ2v) is 7.90. The lowest BCUT2D eigenvalue weighted by atomic mass is 10.2. The van der Waals surface area contributed by atoms with E-state index in [9.17, 15) is 14.4 Å². The van der Waals surface area contributed by atoms with Crippen molar-refractivity contribution in [3.63, 3.8) is 0 Å². The molecule has 0 spiro atoms. The number of amides is 1. The first-order valence-corrected chi connectivity index (χ1v) is 10.7. The number of carbonyl (C=O) groups is 1. The van der Waals surface area contributed by atoms with Crippen LogP contribution in [0.2, 0.25) is 0 Å². The highest BCUT2D eigenvalue weighted by molar-refractivity contribution is 7.17. The topological polar surface area (TPSA) is 82.3 Å². The van der Waals surface area contributed by atoms with Crippen LogP contribution >= 0.6 is 11.3 Å². The number of aryl methyl sites for hydroxylation is 1. The molecule has 4 aromatic rings. The molecule has 158 valence electrons. The Labute approximate surface area is 182 Å². The number of anilines is 1. The Kier molecular flexibility index (Phi) is 5.73. The first kappa shape index (κ1) is 20.6. The molecule has 2 aromatic heterocycles. The number of rotatable bonds is 6. The molecule has 1 N–H and O–H groups in total. The molecule has 7 nitrogen and oxygen atoms in total. The van der Waals surface area contributed by atoms with Gasteiger partial charge in [-0.2, -0.15) is 0 Å². The molecule has 0 atom stereocenters. The van der Waals surface area contributed by atoms with Crippen molar-refractivity contribution in [3.05, 3.63) is 86.4 Å². The predicted octanol–water partition coefficient (Wildman–Crippen LogP) is 3.56. The summed E-state index contributed by atoms with van der Waals surface area (Å²) in [7, 11) is 0. The zero-order valence-electron chi connectivity index (χ0n) is 17.1. The largest absolute Gasteiger partial charge is 0.494 e. The quantitative estimate of drug-likeness (QED) is 0.502. The summed E-state index contributed by atoms with van der Waals surface area (Å²) in [6.45, 7) is 4.15. The molecule has 0 aliphatic carbocycles. The van der Waals surface area contributed by atoms with Gasteiger partial charge in [0.1, 0.15) is 17.0 Å². The Morgan fingerprint density at radius 3 is 2.42 bits per heavy atom. The third kappa shape index (κ3) is 4.15. The molecule has 4 rings (SSSR count). The van der Waals surface area contributed by atoms with Crippen molar-refractivity contribution in [1.82, 2.24) is 9.13 Å². The highest BCUT2D eigenvalue weighted by Gasteiger charge is 2.17. The summed E-state index contributed by atoms with van der Waals surface area (Å²) >= 11 is 1.24. The monoisotopic (exact) mass is 435 g/mol. The summed E-state index contributed by atoms with van der Waals surface area (Å²) in [6, 6.07) is 15.8. The standard InChI is InChI=1S/C23H21N3O4S/c1-3-30-18-10-8-17(9-11-18)26-22(28)21-19(12-13-31-21)25(23(26)29)14-20(27)24-16-6-4-15(2)5-7-16/h4-13H,3,14H2,1-2H3,(H,24,27). The van der Waals surface area contributed by atoms with Gasteiger partial charge in [-0.3, -0.25) is 14.2 Å². The SMILES string of the molecule is CCOc1ccc(-n2c(=O)c3sccc3n(CC(=O)Nc3ccc(C)cc3)c2=O)cc1. The molecule has 0 aliphatic rings. The van der Waals surface area contributed by atoms with Gasteiger partial charge in [-0.25, -0.2) is 9.36 Å². The lowest BCUT2D eigenvalue weighted by Gasteiger charge is -2.13. The van der Waals surface area contributed by atoms with E-state index in [0.717, 1.165) is 10.1 Å². The Morgan fingerprint density at radius 1 is 1.03 bits per heavy atom. The molecule has 2 aromatic carbocycles. The molecular weight excluding hydrogens is 414 g/mol. The van der Waals surface area contributed by atoms with Crippen molar-refractivity contribution in [3.8, 4) is 11.4 Å². The van der Waals surface area contributed by atoms with Gasteiger partial charge in [0.05, 0.1) is 17.8 Å². The average molecular weight is 436 g/mol. The summed E-state index contributed by atoms with van der Waals surface area (Å²) in [5.41, 5.74) is 1.61. The molecule has 1 amide bonds. The van der Waals surface area contributed by atoms with Gasteiger partial charge in [0.15, 0.2) is 0 Å². The number of hydrogen-bond donors (Lipinski definition) is 1. The first-order valence-electron chi connectivity index (χ1n) is 9.80.